The molecule has 1 aliphatic rings. The first-order valence-electron chi connectivity index (χ1n) is 11.2. The molecule has 0 atom stereocenters. The van der Waals surface area contributed by atoms with E-state index in [1.807, 2.05) is 37.3 Å². The zero-order valence-corrected chi connectivity index (χ0v) is 19.7. The monoisotopic (exact) mass is 459 g/mol. The number of anilines is 2. The van der Waals surface area contributed by atoms with E-state index in [1.165, 1.54) is 0 Å². The first kappa shape index (κ1) is 23.3. The maximum absolute atomic E-state index is 12.9. The van der Waals surface area contributed by atoms with Gasteiger partial charge in [0, 0.05) is 37.4 Å². The summed E-state index contributed by atoms with van der Waals surface area (Å²) in [6.45, 7) is 5.64. The number of rotatable bonds is 6. The van der Waals surface area contributed by atoms with Gasteiger partial charge in [0.05, 0.1) is 18.4 Å². The Morgan fingerprint density at radius 1 is 0.912 bits per heavy atom. The highest BCUT2D eigenvalue weighted by molar-refractivity contribution is 6.04. The van der Waals surface area contributed by atoms with Gasteiger partial charge in [-0.2, -0.15) is 0 Å². The van der Waals surface area contributed by atoms with Crippen molar-refractivity contribution in [2.45, 2.75) is 6.92 Å². The van der Waals surface area contributed by atoms with E-state index >= 15 is 0 Å². The number of nitrogens with one attached hydrogen (secondary N) is 1. The van der Waals surface area contributed by atoms with Crippen molar-refractivity contribution in [2.75, 3.05) is 50.6 Å². The number of ether oxygens (including phenoxy) is 1. The maximum Gasteiger partial charge on any atom is 0.335 e. The van der Waals surface area contributed by atoms with E-state index in [4.69, 9.17) is 9.84 Å². The highest BCUT2D eigenvalue weighted by Crippen LogP contribution is 2.32. The molecule has 0 unspecified atom stereocenters. The molecule has 3 aromatic carbocycles. The molecule has 4 rings (SSSR count). The number of methoxy groups -OCH3 is 1. The summed E-state index contributed by atoms with van der Waals surface area (Å²) in [5.74, 6) is -0.355. The van der Waals surface area contributed by atoms with Gasteiger partial charge in [0.25, 0.3) is 5.91 Å². The number of aromatic carboxylic acids is 1. The van der Waals surface area contributed by atoms with Crippen LogP contribution < -0.4 is 15.0 Å². The highest BCUT2D eigenvalue weighted by Gasteiger charge is 2.19. The van der Waals surface area contributed by atoms with Gasteiger partial charge in [-0.15, -0.1) is 0 Å². The van der Waals surface area contributed by atoms with Gasteiger partial charge in [0.2, 0.25) is 0 Å². The van der Waals surface area contributed by atoms with E-state index in [2.05, 4.69) is 22.2 Å². The summed E-state index contributed by atoms with van der Waals surface area (Å²) < 4.78 is 5.55. The average Bonchev–Trinajstić information content (AvgIpc) is 2.84. The lowest BCUT2D eigenvalue weighted by Gasteiger charge is -2.34. The van der Waals surface area contributed by atoms with Crippen LogP contribution in [0.15, 0.2) is 60.7 Å². The number of carboxylic acid groups (broad SMARTS) is 1. The van der Waals surface area contributed by atoms with Crippen molar-refractivity contribution in [1.82, 2.24) is 4.90 Å². The molecule has 3 aromatic rings. The summed E-state index contributed by atoms with van der Waals surface area (Å²) in [5.41, 5.74) is 5.21. The third-order valence-corrected chi connectivity index (χ3v) is 6.21. The minimum absolute atomic E-state index is 0.195. The van der Waals surface area contributed by atoms with E-state index in [-0.39, 0.29) is 11.5 Å². The number of amides is 1. The second-order valence-corrected chi connectivity index (χ2v) is 8.54. The SMILES string of the molecule is COc1ccc(NC(=O)c2ccc(-c3ccc(C(=O)O)cc3C)cc2)cc1N1CCN(C)CC1. The summed E-state index contributed by atoms with van der Waals surface area (Å²) in [6.07, 6.45) is 0. The molecule has 1 heterocycles. The fraction of sp³-hybridized carbons (Fsp3) is 0.259. The number of hydrogen-bond donors (Lipinski definition) is 2. The molecule has 1 saturated heterocycles. The van der Waals surface area contributed by atoms with Gasteiger partial charge < -0.3 is 25.0 Å². The van der Waals surface area contributed by atoms with Gasteiger partial charge in [0.1, 0.15) is 5.75 Å². The molecule has 0 spiro atoms. The Balaban J connectivity index is 1.50. The Morgan fingerprint density at radius 2 is 1.59 bits per heavy atom. The summed E-state index contributed by atoms with van der Waals surface area (Å²) in [5, 5.41) is 12.2. The first-order valence-corrected chi connectivity index (χ1v) is 11.2. The van der Waals surface area contributed by atoms with Gasteiger partial charge in [-0.25, -0.2) is 4.79 Å². The van der Waals surface area contributed by atoms with Crippen molar-refractivity contribution >= 4 is 23.3 Å². The number of carbonyl (C=O) groups is 2. The minimum atomic E-state index is -0.948. The number of benzene rings is 3. The molecule has 2 N–H and O–H groups in total. The molecule has 7 heteroatoms. The minimum Gasteiger partial charge on any atom is -0.495 e. The number of aryl methyl sites for hydroxylation is 1. The van der Waals surface area contributed by atoms with Crippen LogP contribution in [0.2, 0.25) is 0 Å². The quantitative estimate of drug-likeness (QED) is 0.570. The summed E-state index contributed by atoms with van der Waals surface area (Å²) in [7, 11) is 3.77. The molecule has 1 amide bonds. The Labute approximate surface area is 199 Å². The fourth-order valence-electron chi connectivity index (χ4n) is 4.19. The van der Waals surface area contributed by atoms with Gasteiger partial charge >= 0.3 is 5.97 Å². The molecular weight excluding hydrogens is 430 g/mol. The summed E-state index contributed by atoms with van der Waals surface area (Å²) >= 11 is 0. The molecule has 0 aromatic heterocycles. The lowest BCUT2D eigenvalue weighted by atomic mass is 9.97. The molecule has 1 fully saturated rings. The van der Waals surface area contributed by atoms with Crippen LogP contribution in [0.4, 0.5) is 11.4 Å². The van der Waals surface area contributed by atoms with Crippen molar-refractivity contribution in [1.29, 1.82) is 0 Å². The number of carbonyl (C=O) groups excluding carboxylic acids is 1. The lowest BCUT2D eigenvalue weighted by molar-refractivity contribution is 0.0696. The standard InChI is InChI=1S/C27H29N3O4/c1-18-16-21(27(32)33)8-10-23(18)19-4-6-20(7-5-19)26(31)28-22-9-11-25(34-3)24(17-22)30-14-12-29(2)13-15-30/h4-11,16-17H,12-15H2,1-3H3,(H,28,31)(H,32,33). The second kappa shape index (κ2) is 9.97. The van der Waals surface area contributed by atoms with Crippen molar-refractivity contribution in [3.05, 3.63) is 77.4 Å². The Hall–Kier alpha value is -3.84. The van der Waals surface area contributed by atoms with Crippen LogP contribution in [0.3, 0.4) is 0 Å². The summed E-state index contributed by atoms with van der Waals surface area (Å²) in [6, 6.07) is 18.0. The molecule has 0 bridgehead atoms. The molecule has 1 aliphatic heterocycles. The van der Waals surface area contributed by atoms with Crippen molar-refractivity contribution in [3.8, 4) is 16.9 Å². The predicted molar refractivity (Wildman–Crippen MR) is 134 cm³/mol. The molecular formula is C27H29N3O4. The van der Waals surface area contributed by atoms with Gasteiger partial charge in [0.15, 0.2) is 0 Å². The van der Waals surface area contributed by atoms with Crippen LogP contribution >= 0.6 is 0 Å². The van der Waals surface area contributed by atoms with E-state index in [1.54, 1.807) is 37.4 Å². The molecule has 34 heavy (non-hydrogen) atoms. The molecule has 0 aliphatic carbocycles. The number of nitrogens with zero attached hydrogens (tertiary/aromatic N) is 2. The van der Waals surface area contributed by atoms with Crippen LogP contribution in [-0.4, -0.2) is 62.2 Å². The fourth-order valence-corrected chi connectivity index (χ4v) is 4.19. The van der Waals surface area contributed by atoms with Gasteiger partial charge in [-0.05, 0) is 73.1 Å². The van der Waals surface area contributed by atoms with E-state index in [0.29, 0.717) is 11.3 Å². The lowest BCUT2D eigenvalue weighted by Crippen LogP contribution is -2.44. The zero-order valence-electron chi connectivity index (χ0n) is 19.7. The number of hydrogen-bond acceptors (Lipinski definition) is 5. The smallest absolute Gasteiger partial charge is 0.335 e. The predicted octanol–water partition coefficient (Wildman–Crippen LogP) is 4.37. The normalized spacial score (nSPS) is 14.0. The first-order chi connectivity index (χ1) is 16.4. The van der Waals surface area contributed by atoms with E-state index < -0.39 is 5.97 Å². The highest BCUT2D eigenvalue weighted by atomic mass is 16.5. The van der Waals surface area contributed by atoms with Crippen LogP contribution in [0.25, 0.3) is 11.1 Å². The third-order valence-electron chi connectivity index (χ3n) is 6.21. The summed E-state index contributed by atoms with van der Waals surface area (Å²) in [4.78, 5) is 28.7. The average molecular weight is 460 g/mol. The van der Waals surface area contributed by atoms with Gasteiger partial charge in [-0.3, -0.25) is 4.79 Å². The van der Waals surface area contributed by atoms with Crippen LogP contribution in [0, 0.1) is 6.92 Å². The van der Waals surface area contributed by atoms with Crippen LogP contribution in [0.1, 0.15) is 26.3 Å². The molecule has 7 nitrogen and oxygen atoms in total. The topological polar surface area (TPSA) is 82.1 Å². The molecule has 176 valence electrons. The van der Waals surface area contributed by atoms with E-state index in [9.17, 15) is 9.59 Å². The van der Waals surface area contributed by atoms with Crippen LogP contribution in [0.5, 0.6) is 5.75 Å². The van der Waals surface area contributed by atoms with Gasteiger partial charge in [-0.1, -0.05) is 18.2 Å². The Bertz CT molecular complexity index is 1200. The maximum atomic E-state index is 12.9. The Morgan fingerprint density at radius 3 is 2.21 bits per heavy atom. The van der Waals surface area contributed by atoms with E-state index in [0.717, 1.165) is 54.3 Å². The van der Waals surface area contributed by atoms with Crippen molar-refractivity contribution < 1.29 is 19.4 Å². The van der Waals surface area contributed by atoms with Crippen LogP contribution in [-0.2, 0) is 0 Å². The molecule has 0 saturated carbocycles. The zero-order chi connectivity index (χ0) is 24.2. The Kier molecular flexibility index (Phi) is 6.84. The number of carboxylic acids is 1. The number of likely N-dealkylation sites (N-methyl/N-ethyl adjacent to an activating group) is 1. The molecule has 0 radical (unpaired) electrons. The third kappa shape index (κ3) is 5.05. The largest absolute Gasteiger partial charge is 0.495 e. The second-order valence-electron chi connectivity index (χ2n) is 8.54. The van der Waals surface area contributed by atoms with Crippen molar-refractivity contribution in [3.63, 3.8) is 0 Å². The van der Waals surface area contributed by atoms with Crippen molar-refractivity contribution in [2.24, 2.45) is 0 Å². The number of piperazine rings is 1.